The highest BCUT2D eigenvalue weighted by Gasteiger charge is 2.09. The molecule has 2 aromatic carbocycles. The lowest BCUT2D eigenvalue weighted by atomic mass is 10.1. The number of aryl methyl sites for hydroxylation is 1. The number of benzene rings is 2. The summed E-state index contributed by atoms with van der Waals surface area (Å²) in [7, 11) is 0. The molecule has 0 radical (unpaired) electrons. The fraction of sp³-hybridized carbons (Fsp3) is 0.355. The maximum absolute atomic E-state index is 12.4. The van der Waals surface area contributed by atoms with Crippen LogP contribution in [0.4, 0.5) is 5.13 Å². The number of carbonyl (C=O) groups is 2. The lowest BCUT2D eigenvalue weighted by Gasteiger charge is -2.07. The Hall–Kier alpha value is -3.63. The van der Waals surface area contributed by atoms with E-state index < -0.39 is 0 Å². The molecule has 0 bridgehead atoms. The van der Waals surface area contributed by atoms with Crippen molar-refractivity contribution in [3.05, 3.63) is 100.0 Å². The highest BCUT2D eigenvalue weighted by Crippen LogP contribution is 2.19. The topological polar surface area (TPSA) is 136 Å². The molecule has 0 unspecified atom stereocenters. The first kappa shape index (κ1) is 31.9. The lowest BCUT2D eigenvalue weighted by Crippen LogP contribution is -2.28. The van der Waals surface area contributed by atoms with Gasteiger partial charge in [0.25, 0.3) is 0 Å². The van der Waals surface area contributed by atoms with Gasteiger partial charge in [0.05, 0.1) is 12.8 Å². The van der Waals surface area contributed by atoms with Crippen molar-refractivity contribution >= 4 is 40.0 Å². The summed E-state index contributed by atoms with van der Waals surface area (Å²) in [5, 5.41) is 15.2. The number of allylic oxidation sites excluding steroid dienone is 3. The molecule has 3 aromatic rings. The van der Waals surface area contributed by atoms with E-state index in [1.807, 2.05) is 54.2 Å². The Balaban J connectivity index is 1.33. The highest BCUT2D eigenvalue weighted by molar-refractivity contribution is 7.98. The van der Waals surface area contributed by atoms with Gasteiger partial charge in [-0.25, -0.2) is 0 Å². The van der Waals surface area contributed by atoms with Crippen molar-refractivity contribution < 1.29 is 9.59 Å². The zero-order valence-electron chi connectivity index (χ0n) is 23.6. The van der Waals surface area contributed by atoms with Gasteiger partial charge in [-0.3, -0.25) is 9.59 Å². The van der Waals surface area contributed by atoms with Crippen LogP contribution in [0.3, 0.4) is 0 Å². The molecule has 1 aromatic heterocycles. The minimum Gasteiger partial charge on any atom is -0.402 e. The van der Waals surface area contributed by atoms with Gasteiger partial charge >= 0.3 is 0 Å². The average molecular weight is 593 g/mol. The van der Waals surface area contributed by atoms with Crippen LogP contribution in [0.25, 0.3) is 0 Å². The fourth-order valence-electron chi connectivity index (χ4n) is 3.93. The smallest absolute Gasteiger partial charge is 0.230 e. The van der Waals surface area contributed by atoms with Crippen molar-refractivity contribution in [2.45, 2.75) is 64.0 Å². The number of nitrogens with two attached hydrogens (primary N) is 2. The van der Waals surface area contributed by atoms with Crippen LogP contribution in [-0.2, 0) is 34.6 Å². The number of unbranched alkanes of at least 4 members (excludes halogenated alkanes) is 2. The molecule has 8 nitrogen and oxygen atoms in total. The van der Waals surface area contributed by atoms with Crippen LogP contribution in [0.15, 0.2) is 78.3 Å². The van der Waals surface area contributed by atoms with E-state index in [0.717, 1.165) is 46.9 Å². The molecular formula is C31H40N6O2S2. The number of amides is 2. The van der Waals surface area contributed by atoms with Gasteiger partial charge < -0.3 is 22.1 Å². The number of anilines is 1. The van der Waals surface area contributed by atoms with E-state index in [2.05, 4.69) is 39.9 Å². The third-order valence-electron chi connectivity index (χ3n) is 6.05. The monoisotopic (exact) mass is 592 g/mol. The quantitative estimate of drug-likeness (QED) is 0.121. The van der Waals surface area contributed by atoms with Gasteiger partial charge in [-0.15, -0.1) is 10.2 Å². The third-order valence-corrected chi connectivity index (χ3v) is 8.07. The van der Waals surface area contributed by atoms with Crippen molar-refractivity contribution in [1.82, 2.24) is 15.5 Å². The molecule has 10 heteroatoms. The minimum atomic E-state index is -0.158. The number of nitrogens with one attached hydrogen (secondary N) is 2. The van der Waals surface area contributed by atoms with Gasteiger partial charge in [0.15, 0.2) is 0 Å². The van der Waals surface area contributed by atoms with Crippen LogP contribution in [0.1, 0.15) is 60.7 Å². The summed E-state index contributed by atoms with van der Waals surface area (Å²) in [5.74, 6) is 2.10. The van der Waals surface area contributed by atoms with E-state index in [4.69, 9.17) is 11.5 Å². The summed E-state index contributed by atoms with van der Waals surface area (Å²) in [5.41, 5.74) is 16.0. The Morgan fingerprint density at radius 1 is 0.902 bits per heavy atom. The summed E-state index contributed by atoms with van der Waals surface area (Å²) in [6.45, 7) is 2.20. The van der Waals surface area contributed by atoms with E-state index in [1.165, 1.54) is 29.7 Å². The molecule has 0 aliphatic carbocycles. The van der Waals surface area contributed by atoms with Crippen LogP contribution in [0.2, 0.25) is 0 Å². The molecule has 3 rings (SSSR count). The Labute approximate surface area is 251 Å². The molecule has 0 atom stereocenters. The van der Waals surface area contributed by atoms with Crippen molar-refractivity contribution in [2.24, 2.45) is 11.5 Å². The Morgan fingerprint density at radius 2 is 1.66 bits per heavy atom. The van der Waals surface area contributed by atoms with E-state index in [0.29, 0.717) is 23.7 Å². The summed E-state index contributed by atoms with van der Waals surface area (Å²) < 4.78 is 0. The Morgan fingerprint density at radius 3 is 2.46 bits per heavy atom. The van der Waals surface area contributed by atoms with E-state index in [9.17, 15) is 9.59 Å². The van der Waals surface area contributed by atoms with Crippen LogP contribution < -0.4 is 22.1 Å². The van der Waals surface area contributed by atoms with E-state index in [-0.39, 0.29) is 24.1 Å². The van der Waals surface area contributed by atoms with Crippen molar-refractivity contribution in [2.75, 3.05) is 11.1 Å². The molecule has 2 amide bonds. The molecule has 0 aliphatic heterocycles. The first-order valence-electron chi connectivity index (χ1n) is 13.9. The number of aromatic nitrogens is 2. The van der Waals surface area contributed by atoms with Gasteiger partial charge in [-0.1, -0.05) is 79.3 Å². The van der Waals surface area contributed by atoms with Crippen molar-refractivity contribution in [1.29, 1.82) is 0 Å². The molecule has 6 N–H and O–H groups in total. The fourth-order valence-corrected chi connectivity index (χ4v) is 5.78. The standard InChI is InChI=1S/C31H40N6O2S2/c1-2-3-18-40-22-25-13-9-12-24(19-25)21-28(38)34-27(33)17-16-26(32)14-7-8-15-30-36-37-31(41-30)35-29(39)20-23-10-5-4-6-11-23/h4-6,9-13,16-17,19H,2-3,7-8,14-15,18,20-22,32-33H2,1H3,(H,34,38)(H,35,37,39)/b26-16-,27-17+. The highest BCUT2D eigenvalue weighted by atomic mass is 32.2. The molecule has 0 aliphatic rings. The molecule has 0 saturated heterocycles. The molecule has 1 heterocycles. The molecule has 0 fully saturated rings. The maximum Gasteiger partial charge on any atom is 0.230 e. The summed E-state index contributed by atoms with van der Waals surface area (Å²) in [6, 6.07) is 17.7. The zero-order valence-corrected chi connectivity index (χ0v) is 25.2. The normalized spacial score (nSPS) is 11.8. The zero-order chi connectivity index (χ0) is 29.3. The minimum absolute atomic E-state index is 0.109. The molecular weight excluding hydrogens is 553 g/mol. The SMILES string of the molecule is CCCCSCc1cccc(CC(=O)N/C(N)=C/C=C(\N)CCCCc2nnc(NC(=O)Cc3ccccc3)s2)c1. The van der Waals surface area contributed by atoms with Crippen LogP contribution in [-0.4, -0.2) is 27.8 Å². The van der Waals surface area contributed by atoms with Crippen LogP contribution in [0.5, 0.6) is 0 Å². The van der Waals surface area contributed by atoms with Crippen LogP contribution >= 0.6 is 23.1 Å². The first-order valence-corrected chi connectivity index (χ1v) is 15.9. The number of nitrogens with zero attached hydrogens (tertiary/aromatic N) is 2. The number of carbonyl (C=O) groups excluding carboxylic acids is 2. The lowest BCUT2D eigenvalue weighted by molar-refractivity contribution is -0.119. The van der Waals surface area contributed by atoms with Gasteiger partial charge in [-0.05, 0) is 60.3 Å². The predicted molar refractivity (Wildman–Crippen MR) is 170 cm³/mol. The number of hydrogen-bond acceptors (Lipinski definition) is 8. The van der Waals surface area contributed by atoms with Gasteiger partial charge in [0.2, 0.25) is 16.9 Å². The summed E-state index contributed by atoms with van der Waals surface area (Å²) >= 11 is 3.31. The van der Waals surface area contributed by atoms with E-state index in [1.54, 1.807) is 12.2 Å². The van der Waals surface area contributed by atoms with E-state index >= 15 is 0 Å². The first-order chi connectivity index (χ1) is 19.9. The molecule has 218 valence electrons. The van der Waals surface area contributed by atoms with Crippen LogP contribution in [0, 0.1) is 0 Å². The second-order valence-electron chi connectivity index (χ2n) is 9.73. The summed E-state index contributed by atoms with van der Waals surface area (Å²) in [6.07, 6.45) is 9.55. The molecule has 0 saturated carbocycles. The third kappa shape index (κ3) is 13.1. The number of thioether (sulfide) groups is 1. The predicted octanol–water partition coefficient (Wildman–Crippen LogP) is 5.47. The molecule has 0 spiro atoms. The van der Waals surface area contributed by atoms with Crippen molar-refractivity contribution in [3.8, 4) is 0 Å². The average Bonchev–Trinajstić information content (AvgIpc) is 3.40. The summed E-state index contributed by atoms with van der Waals surface area (Å²) in [4.78, 5) is 24.7. The number of rotatable bonds is 17. The second-order valence-corrected chi connectivity index (χ2v) is 11.9. The Bertz CT molecular complexity index is 1310. The molecule has 41 heavy (non-hydrogen) atoms. The number of hydrogen-bond donors (Lipinski definition) is 4. The second kappa shape index (κ2) is 17.9. The van der Waals surface area contributed by atoms with Gasteiger partial charge in [-0.2, -0.15) is 11.8 Å². The largest absolute Gasteiger partial charge is 0.402 e. The van der Waals surface area contributed by atoms with Gasteiger partial charge in [0, 0.05) is 17.9 Å². The maximum atomic E-state index is 12.4. The Kier molecular flexibility index (Phi) is 13.9. The van der Waals surface area contributed by atoms with Gasteiger partial charge in [0.1, 0.15) is 10.8 Å². The van der Waals surface area contributed by atoms with Crippen molar-refractivity contribution in [3.63, 3.8) is 0 Å².